The molecule has 3 heterocycles. The zero-order valence-corrected chi connectivity index (χ0v) is 13.7. The quantitative estimate of drug-likeness (QED) is 0.741. The lowest BCUT2D eigenvalue weighted by molar-refractivity contribution is -0.135. The second-order valence-electron chi connectivity index (χ2n) is 6.37. The van der Waals surface area contributed by atoms with Gasteiger partial charge in [0.05, 0.1) is 29.9 Å². The normalized spacial score (nSPS) is 19.0. The van der Waals surface area contributed by atoms with E-state index in [1.54, 1.807) is 12.5 Å². The van der Waals surface area contributed by atoms with E-state index in [4.69, 9.17) is 0 Å². The van der Waals surface area contributed by atoms with Gasteiger partial charge < -0.3 is 9.47 Å². The maximum absolute atomic E-state index is 13.1. The molecule has 6 nitrogen and oxygen atoms in total. The van der Waals surface area contributed by atoms with E-state index in [1.165, 1.54) is 0 Å². The van der Waals surface area contributed by atoms with Crippen LogP contribution in [0.25, 0.3) is 11.0 Å². The summed E-state index contributed by atoms with van der Waals surface area (Å²) in [6.07, 6.45) is 7.58. The van der Waals surface area contributed by atoms with Gasteiger partial charge in [-0.15, -0.1) is 0 Å². The van der Waals surface area contributed by atoms with Gasteiger partial charge in [0, 0.05) is 18.9 Å². The van der Waals surface area contributed by atoms with Gasteiger partial charge in [0.15, 0.2) is 0 Å². The van der Waals surface area contributed by atoms with E-state index in [0.717, 1.165) is 37.0 Å². The van der Waals surface area contributed by atoms with Gasteiger partial charge in [-0.25, -0.2) is 4.98 Å². The second-order valence-corrected chi connectivity index (χ2v) is 6.37. The molecule has 6 heteroatoms. The van der Waals surface area contributed by atoms with E-state index < -0.39 is 0 Å². The number of nitrogens with zero attached hydrogens (tertiary/aromatic N) is 5. The summed E-state index contributed by atoms with van der Waals surface area (Å²) in [7, 11) is 0. The number of carbonyl (C=O) groups is 1. The van der Waals surface area contributed by atoms with Crippen LogP contribution in [0.3, 0.4) is 0 Å². The van der Waals surface area contributed by atoms with Crippen molar-refractivity contribution >= 4 is 16.9 Å². The van der Waals surface area contributed by atoms with E-state index >= 15 is 0 Å². The SMILES string of the molecule is C[C@@H](C(=O)N1CCC[C@H]1Cn1cccn1)n1cnc2ccccc21. The summed E-state index contributed by atoms with van der Waals surface area (Å²) >= 11 is 0. The molecule has 0 radical (unpaired) electrons. The third-order valence-corrected chi connectivity index (χ3v) is 4.87. The van der Waals surface area contributed by atoms with Crippen molar-refractivity contribution in [3.63, 3.8) is 0 Å². The van der Waals surface area contributed by atoms with Gasteiger partial charge in [0.2, 0.25) is 5.91 Å². The summed E-state index contributed by atoms with van der Waals surface area (Å²) in [6.45, 7) is 3.54. The maximum Gasteiger partial charge on any atom is 0.245 e. The Morgan fingerprint density at radius 1 is 1.33 bits per heavy atom. The first kappa shape index (κ1) is 14.9. The van der Waals surface area contributed by atoms with Crippen LogP contribution in [0.5, 0.6) is 0 Å². The van der Waals surface area contributed by atoms with E-state index in [9.17, 15) is 4.79 Å². The molecule has 2 atom stereocenters. The molecule has 0 unspecified atom stereocenters. The van der Waals surface area contributed by atoms with Gasteiger partial charge in [-0.1, -0.05) is 12.1 Å². The molecule has 0 spiro atoms. The molecule has 2 aromatic heterocycles. The smallest absolute Gasteiger partial charge is 0.245 e. The number of fused-ring (bicyclic) bond motifs is 1. The van der Waals surface area contributed by atoms with E-state index in [2.05, 4.69) is 10.1 Å². The predicted octanol–water partition coefficient (Wildman–Crippen LogP) is 2.49. The summed E-state index contributed by atoms with van der Waals surface area (Å²) in [5, 5.41) is 4.27. The van der Waals surface area contributed by atoms with Crippen LogP contribution in [0.1, 0.15) is 25.8 Å². The Balaban J connectivity index is 1.55. The Kier molecular flexibility index (Phi) is 3.80. The Labute approximate surface area is 140 Å². The fourth-order valence-corrected chi connectivity index (χ4v) is 3.59. The molecule has 1 amide bonds. The van der Waals surface area contributed by atoms with Gasteiger partial charge in [0.1, 0.15) is 6.04 Å². The first-order valence-corrected chi connectivity index (χ1v) is 8.43. The number of hydrogen-bond donors (Lipinski definition) is 0. The molecule has 1 aliphatic rings. The monoisotopic (exact) mass is 323 g/mol. The number of hydrogen-bond acceptors (Lipinski definition) is 3. The Morgan fingerprint density at radius 2 is 2.21 bits per heavy atom. The van der Waals surface area contributed by atoms with Crippen molar-refractivity contribution in [2.75, 3.05) is 6.54 Å². The topological polar surface area (TPSA) is 56.0 Å². The average Bonchev–Trinajstić information content (AvgIpc) is 3.34. The van der Waals surface area contributed by atoms with Crippen molar-refractivity contribution in [2.24, 2.45) is 0 Å². The van der Waals surface area contributed by atoms with Crippen LogP contribution in [0.2, 0.25) is 0 Å². The van der Waals surface area contributed by atoms with Gasteiger partial charge in [-0.05, 0) is 38.0 Å². The lowest BCUT2D eigenvalue weighted by atomic mass is 10.2. The Morgan fingerprint density at radius 3 is 3.04 bits per heavy atom. The summed E-state index contributed by atoms with van der Waals surface area (Å²) in [6, 6.07) is 9.81. The molecular formula is C18H21N5O. The minimum Gasteiger partial charge on any atom is -0.336 e. The first-order chi connectivity index (χ1) is 11.7. The molecule has 0 saturated carbocycles. The number of aromatic nitrogens is 4. The molecular weight excluding hydrogens is 302 g/mol. The van der Waals surface area contributed by atoms with Crippen LogP contribution in [-0.2, 0) is 11.3 Å². The number of rotatable bonds is 4. The fraction of sp³-hybridized carbons (Fsp3) is 0.389. The number of carbonyl (C=O) groups excluding carboxylic acids is 1. The molecule has 4 rings (SSSR count). The van der Waals surface area contributed by atoms with Crippen molar-refractivity contribution in [3.8, 4) is 0 Å². The summed E-state index contributed by atoms with van der Waals surface area (Å²) in [5.74, 6) is 0.160. The van der Waals surface area contributed by atoms with Crippen LogP contribution in [-0.4, -0.2) is 42.7 Å². The molecule has 1 aromatic carbocycles. The minimum atomic E-state index is -0.254. The third-order valence-electron chi connectivity index (χ3n) is 4.87. The first-order valence-electron chi connectivity index (χ1n) is 8.43. The Bertz CT molecular complexity index is 838. The van der Waals surface area contributed by atoms with E-state index in [0.29, 0.717) is 0 Å². The summed E-state index contributed by atoms with van der Waals surface area (Å²) in [4.78, 5) is 19.5. The molecule has 1 aliphatic heterocycles. The van der Waals surface area contributed by atoms with Crippen LogP contribution in [0, 0.1) is 0 Å². The van der Waals surface area contributed by atoms with Gasteiger partial charge in [-0.2, -0.15) is 5.10 Å². The van der Waals surface area contributed by atoms with Crippen molar-refractivity contribution in [1.82, 2.24) is 24.2 Å². The highest BCUT2D eigenvalue weighted by molar-refractivity contribution is 5.84. The van der Waals surface area contributed by atoms with Crippen molar-refractivity contribution in [3.05, 3.63) is 49.1 Å². The molecule has 1 fully saturated rings. The number of para-hydroxylation sites is 2. The maximum atomic E-state index is 13.1. The second kappa shape index (κ2) is 6.11. The highest BCUT2D eigenvalue weighted by Crippen LogP contribution is 2.25. The average molecular weight is 323 g/mol. The lowest BCUT2D eigenvalue weighted by Crippen LogP contribution is -2.41. The lowest BCUT2D eigenvalue weighted by Gasteiger charge is -2.28. The number of amides is 1. The fourth-order valence-electron chi connectivity index (χ4n) is 3.59. The van der Waals surface area contributed by atoms with Crippen molar-refractivity contribution in [1.29, 1.82) is 0 Å². The molecule has 0 bridgehead atoms. The summed E-state index contributed by atoms with van der Waals surface area (Å²) < 4.78 is 3.88. The standard InChI is InChI=1S/C18H21N5O/c1-14(23-13-19-16-7-2-3-8-17(16)23)18(24)22-11-4-6-15(22)12-21-10-5-9-20-21/h2-3,5,7-10,13-15H,4,6,11-12H2,1H3/t14-,15-/m0/s1. The van der Waals surface area contributed by atoms with E-state index in [-0.39, 0.29) is 18.0 Å². The van der Waals surface area contributed by atoms with Crippen LogP contribution >= 0.6 is 0 Å². The molecule has 124 valence electrons. The van der Waals surface area contributed by atoms with Gasteiger partial charge in [-0.3, -0.25) is 9.48 Å². The zero-order valence-electron chi connectivity index (χ0n) is 13.7. The van der Waals surface area contributed by atoms with Crippen molar-refractivity contribution in [2.45, 2.75) is 38.4 Å². The predicted molar refractivity (Wildman–Crippen MR) is 91.4 cm³/mol. The zero-order chi connectivity index (χ0) is 16.5. The Hall–Kier alpha value is -2.63. The minimum absolute atomic E-state index is 0.160. The van der Waals surface area contributed by atoms with E-state index in [1.807, 2.05) is 57.6 Å². The number of benzene rings is 1. The largest absolute Gasteiger partial charge is 0.336 e. The van der Waals surface area contributed by atoms with Crippen LogP contribution in [0.4, 0.5) is 0 Å². The van der Waals surface area contributed by atoms with Crippen molar-refractivity contribution < 1.29 is 4.79 Å². The molecule has 0 aliphatic carbocycles. The van der Waals surface area contributed by atoms with Gasteiger partial charge in [0.25, 0.3) is 0 Å². The van der Waals surface area contributed by atoms with Crippen LogP contribution < -0.4 is 0 Å². The number of likely N-dealkylation sites (tertiary alicyclic amines) is 1. The molecule has 1 saturated heterocycles. The van der Waals surface area contributed by atoms with Gasteiger partial charge >= 0.3 is 0 Å². The molecule has 24 heavy (non-hydrogen) atoms. The highest BCUT2D eigenvalue weighted by Gasteiger charge is 2.32. The third kappa shape index (κ3) is 2.58. The highest BCUT2D eigenvalue weighted by atomic mass is 16.2. The number of imidazole rings is 1. The van der Waals surface area contributed by atoms with Crippen LogP contribution in [0.15, 0.2) is 49.1 Å². The molecule has 3 aromatic rings. The molecule has 0 N–H and O–H groups in total. The summed E-state index contributed by atoms with van der Waals surface area (Å²) in [5.41, 5.74) is 1.92.